The number of aromatic nitrogens is 1. The molecule has 2 atom stereocenters. The maximum absolute atomic E-state index is 9.18. The summed E-state index contributed by atoms with van der Waals surface area (Å²) in [6, 6.07) is 4.07. The third kappa shape index (κ3) is 4.07. The van der Waals surface area contributed by atoms with Gasteiger partial charge in [-0.1, -0.05) is 0 Å². The van der Waals surface area contributed by atoms with Gasteiger partial charge in [-0.05, 0) is 48.3 Å². The van der Waals surface area contributed by atoms with E-state index in [9.17, 15) is 5.11 Å². The van der Waals surface area contributed by atoms with Crippen molar-refractivity contribution in [2.24, 2.45) is 0 Å². The predicted molar refractivity (Wildman–Crippen MR) is 61.3 cm³/mol. The molecular weight excluding hydrogens is 244 g/mol. The van der Waals surface area contributed by atoms with Crippen molar-refractivity contribution in [1.29, 1.82) is 0 Å². The monoisotopic (exact) mass is 258 g/mol. The Kier molecular flexibility index (Phi) is 4.35. The van der Waals surface area contributed by atoms with Crippen molar-refractivity contribution in [2.45, 2.75) is 32.4 Å². The van der Waals surface area contributed by atoms with E-state index in [2.05, 4.69) is 26.2 Å². The summed E-state index contributed by atoms with van der Waals surface area (Å²) in [7, 11) is 0. The van der Waals surface area contributed by atoms with Gasteiger partial charge in [0.15, 0.2) is 0 Å². The van der Waals surface area contributed by atoms with Gasteiger partial charge < -0.3 is 10.4 Å². The van der Waals surface area contributed by atoms with Crippen molar-refractivity contribution < 1.29 is 5.11 Å². The summed E-state index contributed by atoms with van der Waals surface area (Å²) in [4.78, 5) is 4.19. The molecule has 0 aliphatic heterocycles. The second-order valence-electron chi connectivity index (χ2n) is 3.49. The second kappa shape index (κ2) is 5.32. The summed E-state index contributed by atoms with van der Waals surface area (Å²) in [6.45, 7) is 3.81. The predicted octanol–water partition coefficient (Wildman–Crippen LogP) is 2.42. The number of hydrogen-bond donors (Lipinski definition) is 2. The van der Waals surface area contributed by atoms with Crippen LogP contribution in [0.1, 0.15) is 20.3 Å². The molecule has 2 N–H and O–H groups in total. The Labute approximate surface area is 92.7 Å². The molecule has 14 heavy (non-hydrogen) atoms. The molecule has 0 bridgehead atoms. The lowest BCUT2D eigenvalue weighted by Crippen LogP contribution is -2.21. The summed E-state index contributed by atoms with van der Waals surface area (Å²) in [5.41, 5.74) is 0. The van der Waals surface area contributed by atoms with Crippen LogP contribution in [0.4, 0.5) is 5.82 Å². The maximum Gasteiger partial charge on any atom is 0.126 e. The van der Waals surface area contributed by atoms with Crippen LogP contribution in [0.2, 0.25) is 0 Å². The Hall–Kier alpha value is -0.610. The normalized spacial score (nSPS) is 14.9. The second-order valence-corrected chi connectivity index (χ2v) is 4.41. The first-order valence-electron chi connectivity index (χ1n) is 4.64. The van der Waals surface area contributed by atoms with Gasteiger partial charge in [0.1, 0.15) is 5.82 Å². The van der Waals surface area contributed by atoms with Crippen LogP contribution in [0.3, 0.4) is 0 Å². The highest BCUT2D eigenvalue weighted by Gasteiger charge is 2.05. The Morgan fingerprint density at radius 1 is 1.50 bits per heavy atom. The molecule has 1 heterocycles. The number of aliphatic hydroxyl groups excluding tert-OH is 1. The van der Waals surface area contributed by atoms with E-state index in [4.69, 9.17) is 0 Å². The van der Waals surface area contributed by atoms with E-state index >= 15 is 0 Å². The zero-order valence-electron chi connectivity index (χ0n) is 8.37. The largest absolute Gasteiger partial charge is 0.393 e. The standard InChI is InChI=1S/C10H15BrN2O/c1-7(5-8(2)14)13-10-4-3-9(11)6-12-10/h3-4,6-8,14H,5H2,1-2H3,(H,12,13). The van der Waals surface area contributed by atoms with Crippen LogP contribution < -0.4 is 5.32 Å². The molecule has 1 rings (SSSR count). The van der Waals surface area contributed by atoms with Crippen molar-refractivity contribution in [3.05, 3.63) is 22.8 Å². The number of aliphatic hydroxyl groups is 1. The molecule has 0 aliphatic carbocycles. The molecule has 0 aromatic carbocycles. The molecule has 0 aliphatic rings. The Morgan fingerprint density at radius 3 is 2.71 bits per heavy atom. The molecule has 0 radical (unpaired) electrons. The SMILES string of the molecule is CC(O)CC(C)Nc1ccc(Br)cn1. The number of nitrogens with one attached hydrogen (secondary N) is 1. The van der Waals surface area contributed by atoms with Crippen LogP contribution in [-0.4, -0.2) is 22.2 Å². The highest BCUT2D eigenvalue weighted by atomic mass is 79.9. The van der Waals surface area contributed by atoms with Gasteiger partial charge in [-0.25, -0.2) is 4.98 Å². The van der Waals surface area contributed by atoms with Crippen LogP contribution in [0, 0.1) is 0 Å². The average Bonchev–Trinajstić information content (AvgIpc) is 2.07. The van der Waals surface area contributed by atoms with Gasteiger partial charge >= 0.3 is 0 Å². The van der Waals surface area contributed by atoms with E-state index in [0.29, 0.717) is 0 Å². The van der Waals surface area contributed by atoms with Crippen LogP contribution in [0.5, 0.6) is 0 Å². The van der Waals surface area contributed by atoms with Crippen molar-refractivity contribution in [1.82, 2.24) is 4.98 Å². The highest BCUT2D eigenvalue weighted by molar-refractivity contribution is 9.10. The quantitative estimate of drug-likeness (QED) is 0.872. The van der Waals surface area contributed by atoms with E-state index in [1.165, 1.54) is 0 Å². The van der Waals surface area contributed by atoms with Crippen molar-refractivity contribution in [3.63, 3.8) is 0 Å². The molecule has 3 nitrogen and oxygen atoms in total. The van der Waals surface area contributed by atoms with E-state index < -0.39 is 0 Å². The maximum atomic E-state index is 9.18. The Bertz CT molecular complexity index is 274. The van der Waals surface area contributed by atoms with E-state index in [1.807, 2.05) is 19.1 Å². The van der Waals surface area contributed by atoms with Gasteiger partial charge in [0.2, 0.25) is 0 Å². The number of hydrogen-bond acceptors (Lipinski definition) is 3. The van der Waals surface area contributed by atoms with Crippen molar-refractivity contribution in [3.8, 4) is 0 Å². The molecule has 0 saturated carbocycles. The van der Waals surface area contributed by atoms with Gasteiger partial charge in [-0.2, -0.15) is 0 Å². The van der Waals surface area contributed by atoms with Gasteiger partial charge in [0.05, 0.1) is 6.10 Å². The summed E-state index contributed by atoms with van der Waals surface area (Å²) >= 11 is 3.32. The lowest BCUT2D eigenvalue weighted by Gasteiger charge is -2.15. The minimum Gasteiger partial charge on any atom is -0.393 e. The van der Waals surface area contributed by atoms with Crippen LogP contribution >= 0.6 is 15.9 Å². The van der Waals surface area contributed by atoms with E-state index in [-0.39, 0.29) is 12.1 Å². The molecule has 0 fully saturated rings. The molecule has 2 unspecified atom stereocenters. The van der Waals surface area contributed by atoms with Crippen molar-refractivity contribution >= 4 is 21.7 Å². The smallest absolute Gasteiger partial charge is 0.126 e. The molecule has 0 spiro atoms. The molecule has 1 aromatic rings. The first-order valence-corrected chi connectivity index (χ1v) is 5.43. The van der Waals surface area contributed by atoms with Crippen LogP contribution in [0.15, 0.2) is 22.8 Å². The lowest BCUT2D eigenvalue weighted by atomic mass is 10.1. The minimum absolute atomic E-state index is 0.226. The number of pyridine rings is 1. The Balaban J connectivity index is 2.47. The lowest BCUT2D eigenvalue weighted by molar-refractivity contribution is 0.179. The minimum atomic E-state index is -0.284. The molecule has 1 aromatic heterocycles. The highest BCUT2D eigenvalue weighted by Crippen LogP contribution is 2.12. The number of nitrogens with zero attached hydrogens (tertiary/aromatic N) is 1. The first-order chi connectivity index (χ1) is 6.58. The molecule has 4 heteroatoms. The van der Waals surface area contributed by atoms with Gasteiger partial charge in [0, 0.05) is 16.7 Å². The first kappa shape index (κ1) is 11.5. The Morgan fingerprint density at radius 2 is 2.21 bits per heavy atom. The zero-order chi connectivity index (χ0) is 10.6. The third-order valence-corrected chi connectivity index (χ3v) is 2.29. The van der Waals surface area contributed by atoms with Gasteiger partial charge in [0.25, 0.3) is 0 Å². The van der Waals surface area contributed by atoms with Crippen LogP contribution in [0.25, 0.3) is 0 Å². The average molecular weight is 259 g/mol. The van der Waals surface area contributed by atoms with Crippen molar-refractivity contribution in [2.75, 3.05) is 5.32 Å². The molecule has 0 amide bonds. The number of rotatable bonds is 4. The van der Waals surface area contributed by atoms with Gasteiger partial charge in [-0.3, -0.25) is 0 Å². The summed E-state index contributed by atoms with van der Waals surface area (Å²) in [6.07, 6.45) is 2.18. The molecule has 78 valence electrons. The fourth-order valence-corrected chi connectivity index (χ4v) is 1.52. The summed E-state index contributed by atoms with van der Waals surface area (Å²) < 4.78 is 0.964. The fraction of sp³-hybridized carbons (Fsp3) is 0.500. The summed E-state index contributed by atoms with van der Waals surface area (Å²) in [5.74, 6) is 0.835. The number of anilines is 1. The summed E-state index contributed by atoms with van der Waals surface area (Å²) in [5, 5.41) is 12.4. The molecular formula is C10H15BrN2O. The molecule has 0 saturated heterocycles. The third-order valence-electron chi connectivity index (χ3n) is 1.82. The van der Waals surface area contributed by atoms with Crippen LogP contribution in [-0.2, 0) is 0 Å². The topological polar surface area (TPSA) is 45.1 Å². The number of halogens is 1. The van der Waals surface area contributed by atoms with E-state index in [1.54, 1.807) is 13.1 Å². The van der Waals surface area contributed by atoms with Gasteiger partial charge in [-0.15, -0.1) is 0 Å². The zero-order valence-corrected chi connectivity index (χ0v) is 9.95. The van der Waals surface area contributed by atoms with E-state index in [0.717, 1.165) is 16.7 Å². The fourth-order valence-electron chi connectivity index (χ4n) is 1.28.